The van der Waals surface area contributed by atoms with Crippen molar-refractivity contribution in [3.63, 3.8) is 0 Å². The molecule has 1 aliphatic heterocycles. The lowest BCUT2D eigenvalue weighted by atomic mass is 9.80. The van der Waals surface area contributed by atoms with Crippen molar-refractivity contribution in [2.75, 3.05) is 6.54 Å². The molecule has 8 heteroatoms. The van der Waals surface area contributed by atoms with E-state index in [4.69, 9.17) is 10.7 Å². The minimum Gasteiger partial charge on any atom is -0.390 e. The van der Waals surface area contributed by atoms with Crippen LogP contribution in [0.2, 0.25) is 0 Å². The Bertz CT molecular complexity index is 706. The summed E-state index contributed by atoms with van der Waals surface area (Å²) < 4.78 is 0. The van der Waals surface area contributed by atoms with Crippen LogP contribution in [0.3, 0.4) is 0 Å². The van der Waals surface area contributed by atoms with Crippen molar-refractivity contribution in [1.29, 1.82) is 0 Å². The van der Waals surface area contributed by atoms with E-state index in [9.17, 15) is 15.0 Å². The van der Waals surface area contributed by atoms with E-state index < -0.39 is 24.0 Å². The van der Waals surface area contributed by atoms with Gasteiger partial charge >= 0.3 is 0 Å². The summed E-state index contributed by atoms with van der Waals surface area (Å²) >= 11 is 3.23. The summed E-state index contributed by atoms with van der Waals surface area (Å²) in [5.41, 5.74) is 5.65. The van der Waals surface area contributed by atoms with E-state index in [0.29, 0.717) is 12.5 Å². The van der Waals surface area contributed by atoms with Gasteiger partial charge in [-0.2, -0.15) is 0 Å². The molecule has 1 aromatic heterocycles. The number of thiophene rings is 1. The Morgan fingerprint density at radius 3 is 2.75 bits per heavy atom. The van der Waals surface area contributed by atoms with Crippen LogP contribution in [-0.2, 0) is 11.3 Å². The zero-order valence-corrected chi connectivity index (χ0v) is 17.6. The van der Waals surface area contributed by atoms with Crippen LogP contribution in [0, 0.1) is 11.8 Å². The molecular formula is C20H29N3O3S2. The first-order chi connectivity index (χ1) is 13.5. The number of hydrogen-bond donors (Lipinski definition) is 3. The third kappa shape index (κ3) is 4.10. The molecule has 0 unspecified atom stereocenters. The zero-order valence-electron chi connectivity index (χ0n) is 15.9. The van der Waals surface area contributed by atoms with Crippen LogP contribution in [0.15, 0.2) is 22.5 Å². The molecule has 0 radical (unpaired) electrons. The highest BCUT2D eigenvalue weighted by Gasteiger charge is 2.54. The number of nitrogens with two attached hydrogens (primary N) is 1. The Labute approximate surface area is 174 Å². The standard InChI is InChI=1S/C20H29N3O3S2/c21-19(26)14-9-15(24)17(25)16-18(14)28-20(22-10-12-5-2-1-3-6-12)23(16)11-13-7-4-8-27-13/h4,7-8,12,14-18,24-25H,1-3,5-6,9-11H2,(H2,21,26)/t14-,15+,16-,17-,18+/m0/s1. The Kier molecular flexibility index (Phi) is 6.30. The molecule has 2 aliphatic carbocycles. The number of hydrogen-bond acceptors (Lipinski definition) is 6. The van der Waals surface area contributed by atoms with Crippen molar-refractivity contribution in [1.82, 2.24) is 4.90 Å². The summed E-state index contributed by atoms with van der Waals surface area (Å²) in [6.45, 7) is 1.42. The Balaban J connectivity index is 1.60. The highest BCUT2D eigenvalue weighted by Crippen LogP contribution is 2.45. The number of aliphatic hydroxyl groups excluding tert-OH is 2. The molecule has 5 atom stereocenters. The van der Waals surface area contributed by atoms with E-state index in [1.165, 1.54) is 37.0 Å². The SMILES string of the molecule is NC(=O)[C@H]1C[C@@H](O)[C@H](O)[C@H]2[C@@H]1SC(=NCC1CCCCC1)N2Cc1cccs1. The molecule has 1 saturated heterocycles. The average Bonchev–Trinajstić information content (AvgIpc) is 3.32. The van der Waals surface area contributed by atoms with E-state index in [2.05, 4.69) is 11.0 Å². The summed E-state index contributed by atoms with van der Waals surface area (Å²) in [4.78, 5) is 20.3. The van der Waals surface area contributed by atoms with Crippen LogP contribution in [0.25, 0.3) is 0 Å². The number of fused-ring (bicyclic) bond motifs is 1. The summed E-state index contributed by atoms with van der Waals surface area (Å²) in [7, 11) is 0. The van der Waals surface area contributed by atoms with E-state index >= 15 is 0 Å². The molecule has 4 rings (SSSR count). The number of amides is 1. The van der Waals surface area contributed by atoms with Gasteiger partial charge in [0.25, 0.3) is 0 Å². The normalized spacial score (nSPS) is 35.3. The van der Waals surface area contributed by atoms with Gasteiger partial charge in [-0.15, -0.1) is 11.3 Å². The number of aliphatic imine (C=N–C) groups is 1. The molecule has 154 valence electrons. The first-order valence-corrected chi connectivity index (χ1v) is 12.0. The fourth-order valence-corrected chi connectivity index (χ4v) is 7.02. The summed E-state index contributed by atoms with van der Waals surface area (Å²) in [5, 5.41) is 23.9. The third-order valence-electron chi connectivity index (χ3n) is 6.30. The van der Waals surface area contributed by atoms with Crippen molar-refractivity contribution in [3.05, 3.63) is 22.4 Å². The number of aliphatic hydroxyl groups is 2. The maximum atomic E-state index is 12.0. The fraction of sp³-hybridized carbons (Fsp3) is 0.700. The van der Waals surface area contributed by atoms with Crippen LogP contribution in [-0.4, -0.2) is 56.2 Å². The monoisotopic (exact) mass is 423 g/mol. The number of nitrogens with zero attached hydrogens (tertiary/aromatic N) is 2. The Hall–Kier alpha value is -1.09. The predicted octanol–water partition coefficient (Wildman–Crippen LogP) is 2.20. The number of primary amides is 1. The second kappa shape index (κ2) is 8.73. The van der Waals surface area contributed by atoms with Gasteiger partial charge in [-0.3, -0.25) is 9.79 Å². The van der Waals surface area contributed by atoms with Gasteiger partial charge in [0.1, 0.15) is 6.10 Å². The smallest absolute Gasteiger partial charge is 0.221 e. The third-order valence-corrected chi connectivity index (χ3v) is 8.62. The predicted molar refractivity (Wildman–Crippen MR) is 113 cm³/mol. The van der Waals surface area contributed by atoms with Gasteiger partial charge in [-0.1, -0.05) is 37.1 Å². The lowest BCUT2D eigenvalue weighted by Crippen LogP contribution is -2.58. The largest absolute Gasteiger partial charge is 0.390 e. The van der Waals surface area contributed by atoms with E-state index in [0.717, 1.165) is 11.7 Å². The first kappa shape index (κ1) is 20.2. The Morgan fingerprint density at radius 1 is 1.29 bits per heavy atom. The lowest BCUT2D eigenvalue weighted by molar-refractivity contribution is -0.128. The van der Waals surface area contributed by atoms with Gasteiger partial charge in [0.2, 0.25) is 5.91 Å². The van der Waals surface area contributed by atoms with Crippen LogP contribution in [0.4, 0.5) is 0 Å². The molecular weight excluding hydrogens is 394 g/mol. The number of thioether (sulfide) groups is 1. The molecule has 2 heterocycles. The minimum atomic E-state index is -0.942. The van der Waals surface area contributed by atoms with Crippen molar-refractivity contribution in [2.24, 2.45) is 22.6 Å². The van der Waals surface area contributed by atoms with Crippen molar-refractivity contribution in [3.8, 4) is 0 Å². The molecule has 1 aromatic rings. The summed E-state index contributed by atoms with van der Waals surface area (Å²) in [5.74, 6) is -0.241. The van der Waals surface area contributed by atoms with Gasteiger partial charge in [0, 0.05) is 16.7 Å². The molecule has 2 saturated carbocycles. The fourth-order valence-electron chi connectivity index (χ4n) is 4.75. The zero-order chi connectivity index (χ0) is 19.7. The van der Waals surface area contributed by atoms with E-state index in [1.807, 2.05) is 11.4 Å². The van der Waals surface area contributed by atoms with Gasteiger partial charge in [0.15, 0.2) is 5.17 Å². The maximum Gasteiger partial charge on any atom is 0.221 e. The summed E-state index contributed by atoms with van der Waals surface area (Å²) in [6, 6.07) is 3.73. The number of rotatable bonds is 5. The van der Waals surface area contributed by atoms with E-state index in [-0.39, 0.29) is 17.7 Å². The molecule has 0 aromatic carbocycles. The molecule has 6 nitrogen and oxygen atoms in total. The number of amidine groups is 1. The van der Waals surface area contributed by atoms with Crippen molar-refractivity contribution in [2.45, 2.75) is 68.6 Å². The van der Waals surface area contributed by atoms with E-state index in [1.54, 1.807) is 23.1 Å². The molecule has 0 bridgehead atoms. The van der Waals surface area contributed by atoms with Gasteiger partial charge < -0.3 is 20.8 Å². The van der Waals surface area contributed by atoms with Crippen LogP contribution >= 0.6 is 23.1 Å². The highest BCUT2D eigenvalue weighted by atomic mass is 32.2. The van der Waals surface area contributed by atoms with Crippen LogP contribution in [0.1, 0.15) is 43.4 Å². The van der Waals surface area contributed by atoms with Gasteiger partial charge in [0.05, 0.1) is 24.6 Å². The van der Waals surface area contributed by atoms with Gasteiger partial charge in [-0.25, -0.2) is 0 Å². The first-order valence-electron chi connectivity index (χ1n) is 10.2. The molecule has 3 aliphatic rings. The van der Waals surface area contributed by atoms with Crippen molar-refractivity contribution >= 4 is 34.2 Å². The van der Waals surface area contributed by atoms with Crippen LogP contribution in [0.5, 0.6) is 0 Å². The topological polar surface area (TPSA) is 99.2 Å². The van der Waals surface area contributed by atoms with Gasteiger partial charge in [-0.05, 0) is 36.6 Å². The number of carbonyl (C=O) groups is 1. The molecule has 3 fully saturated rings. The highest BCUT2D eigenvalue weighted by molar-refractivity contribution is 8.14. The van der Waals surface area contributed by atoms with Crippen LogP contribution < -0.4 is 5.73 Å². The average molecular weight is 424 g/mol. The Morgan fingerprint density at radius 2 is 2.07 bits per heavy atom. The second-order valence-electron chi connectivity index (χ2n) is 8.21. The molecule has 4 N–H and O–H groups in total. The lowest BCUT2D eigenvalue weighted by Gasteiger charge is -2.41. The maximum absolute atomic E-state index is 12.0. The molecule has 1 amide bonds. The second-order valence-corrected chi connectivity index (χ2v) is 10.4. The quantitative estimate of drug-likeness (QED) is 0.674. The summed E-state index contributed by atoms with van der Waals surface area (Å²) in [6.07, 6.45) is 4.70. The molecule has 0 spiro atoms. The van der Waals surface area contributed by atoms with Crippen molar-refractivity contribution < 1.29 is 15.0 Å². The number of carbonyl (C=O) groups excluding carboxylic acids is 1. The molecule has 28 heavy (non-hydrogen) atoms. The minimum absolute atomic E-state index is 0.166.